The molecule has 0 amide bonds. The van der Waals surface area contributed by atoms with Gasteiger partial charge in [-0.1, -0.05) is 11.6 Å². The highest BCUT2D eigenvalue weighted by atomic mass is 35.5. The second-order valence-electron chi connectivity index (χ2n) is 3.40. The first-order chi connectivity index (χ1) is 7.56. The molecule has 0 fully saturated rings. The van der Waals surface area contributed by atoms with E-state index >= 15 is 0 Å². The molecule has 3 N–H and O–H groups in total. The smallest absolute Gasteiger partial charge is 0.306 e. The van der Waals surface area contributed by atoms with Gasteiger partial charge < -0.3 is 15.2 Å². The van der Waals surface area contributed by atoms with Crippen LogP contribution in [0, 0.1) is 0 Å². The summed E-state index contributed by atoms with van der Waals surface area (Å²) < 4.78 is 0. The van der Waals surface area contributed by atoms with E-state index in [9.17, 15) is 9.90 Å². The standard InChI is InChI=1S/C10H9ClN2O3/c11-5-1-2-6-7(3-5)13-10(12-6)8(14)4-9(15)16/h1-3,8,14H,4H2,(H,12,13)(H,15,16)/t8-/m0/s1. The van der Waals surface area contributed by atoms with Crippen LogP contribution >= 0.6 is 11.6 Å². The molecule has 0 aliphatic heterocycles. The predicted octanol–water partition coefficient (Wildman–Crippen LogP) is 1.72. The van der Waals surface area contributed by atoms with Crippen molar-refractivity contribution >= 4 is 28.6 Å². The summed E-state index contributed by atoms with van der Waals surface area (Å²) in [5, 5.41) is 18.6. The minimum Gasteiger partial charge on any atom is -0.481 e. The highest BCUT2D eigenvalue weighted by molar-refractivity contribution is 6.31. The molecule has 1 aromatic heterocycles. The van der Waals surface area contributed by atoms with Crippen LogP contribution in [-0.2, 0) is 4.79 Å². The number of carboxylic acids is 1. The van der Waals surface area contributed by atoms with Gasteiger partial charge in [0.2, 0.25) is 0 Å². The first kappa shape index (κ1) is 10.9. The number of hydrogen-bond acceptors (Lipinski definition) is 3. The van der Waals surface area contributed by atoms with Crippen LogP contribution in [0.25, 0.3) is 11.0 Å². The molecule has 0 saturated carbocycles. The zero-order valence-corrected chi connectivity index (χ0v) is 8.90. The number of aromatic amines is 1. The molecule has 0 aliphatic rings. The number of hydrogen-bond donors (Lipinski definition) is 3. The Morgan fingerprint density at radius 3 is 3.00 bits per heavy atom. The maximum Gasteiger partial charge on any atom is 0.306 e. The molecule has 2 aromatic rings. The zero-order chi connectivity index (χ0) is 11.7. The molecule has 0 unspecified atom stereocenters. The fourth-order valence-corrected chi connectivity index (χ4v) is 1.59. The highest BCUT2D eigenvalue weighted by Gasteiger charge is 2.16. The number of nitrogens with zero attached hydrogens (tertiary/aromatic N) is 1. The second-order valence-corrected chi connectivity index (χ2v) is 3.83. The van der Waals surface area contributed by atoms with Crippen molar-refractivity contribution in [3.05, 3.63) is 29.0 Å². The van der Waals surface area contributed by atoms with E-state index in [-0.39, 0.29) is 12.2 Å². The number of halogens is 1. The van der Waals surface area contributed by atoms with Crippen molar-refractivity contribution in [3.8, 4) is 0 Å². The van der Waals surface area contributed by atoms with Gasteiger partial charge in [-0.05, 0) is 18.2 Å². The summed E-state index contributed by atoms with van der Waals surface area (Å²) in [6, 6.07) is 5.05. The summed E-state index contributed by atoms with van der Waals surface area (Å²) >= 11 is 5.79. The Hall–Kier alpha value is -1.59. The number of aliphatic hydroxyl groups is 1. The van der Waals surface area contributed by atoms with Crippen LogP contribution in [0.1, 0.15) is 18.3 Å². The van der Waals surface area contributed by atoms with Crippen LogP contribution < -0.4 is 0 Å². The van der Waals surface area contributed by atoms with Gasteiger partial charge in [-0.25, -0.2) is 4.98 Å². The number of fused-ring (bicyclic) bond motifs is 1. The topological polar surface area (TPSA) is 86.2 Å². The number of H-pyrrole nitrogens is 1. The Morgan fingerprint density at radius 1 is 1.56 bits per heavy atom. The first-order valence-corrected chi connectivity index (χ1v) is 4.99. The number of aromatic nitrogens is 2. The van der Waals surface area contributed by atoms with Crippen LogP contribution in [-0.4, -0.2) is 26.2 Å². The van der Waals surface area contributed by atoms with Crippen molar-refractivity contribution in [2.75, 3.05) is 0 Å². The van der Waals surface area contributed by atoms with E-state index in [2.05, 4.69) is 9.97 Å². The number of aliphatic carboxylic acids is 1. The average Bonchev–Trinajstić information content (AvgIpc) is 2.59. The van der Waals surface area contributed by atoms with E-state index in [1.165, 1.54) is 0 Å². The molecular weight excluding hydrogens is 232 g/mol. The van der Waals surface area contributed by atoms with E-state index in [0.717, 1.165) is 0 Å². The lowest BCUT2D eigenvalue weighted by molar-refractivity contribution is -0.139. The lowest BCUT2D eigenvalue weighted by Crippen LogP contribution is -2.06. The molecular formula is C10H9ClN2O3. The summed E-state index contributed by atoms with van der Waals surface area (Å²) in [5.41, 5.74) is 1.32. The molecule has 0 radical (unpaired) electrons. The van der Waals surface area contributed by atoms with Crippen molar-refractivity contribution in [3.63, 3.8) is 0 Å². The molecule has 0 bridgehead atoms. The van der Waals surface area contributed by atoms with Gasteiger partial charge in [-0.3, -0.25) is 4.79 Å². The number of aliphatic hydroxyl groups excluding tert-OH is 1. The summed E-state index contributed by atoms with van der Waals surface area (Å²) in [5.74, 6) is -0.842. The Labute approximate surface area is 95.7 Å². The van der Waals surface area contributed by atoms with Crippen LogP contribution in [0.15, 0.2) is 18.2 Å². The average molecular weight is 241 g/mol. The molecule has 0 aliphatic carbocycles. The SMILES string of the molecule is O=C(O)C[C@H](O)c1nc2ccc(Cl)cc2[nH]1. The highest BCUT2D eigenvalue weighted by Crippen LogP contribution is 2.21. The minimum atomic E-state index is -1.14. The van der Waals surface area contributed by atoms with Crippen molar-refractivity contribution in [2.45, 2.75) is 12.5 Å². The van der Waals surface area contributed by atoms with Crippen LogP contribution in [0.5, 0.6) is 0 Å². The van der Waals surface area contributed by atoms with Crippen LogP contribution in [0.3, 0.4) is 0 Å². The minimum absolute atomic E-state index is 0.236. The molecule has 5 nitrogen and oxygen atoms in total. The van der Waals surface area contributed by atoms with Gasteiger partial charge >= 0.3 is 5.97 Å². The number of carbonyl (C=O) groups is 1. The first-order valence-electron chi connectivity index (χ1n) is 4.61. The zero-order valence-electron chi connectivity index (χ0n) is 8.14. The molecule has 2 rings (SSSR count). The maximum absolute atomic E-state index is 10.4. The third-order valence-electron chi connectivity index (χ3n) is 2.15. The number of carboxylic acid groups (broad SMARTS) is 1. The number of nitrogens with one attached hydrogen (secondary N) is 1. The quantitative estimate of drug-likeness (QED) is 0.763. The maximum atomic E-state index is 10.4. The van der Waals surface area contributed by atoms with Gasteiger partial charge in [0, 0.05) is 5.02 Å². The molecule has 16 heavy (non-hydrogen) atoms. The van der Waals surface area contributed by atoms with E-state index in [4.69, 9.17) is 16.7 Å². The number of imidazole rings is 1. The molecule has 1 atom stereocenters. The summed E-state index contributed by atoms with van der Waals surface area (Å²) in [6.45, 7) is 0. The van der Waals surface area contributed by atoms with E-state index in [0.29, 0.717) is 16.1 Å². The van der Waals surface area contributed by atoms with Crippen LogP contribution in [0.4, 0.5) is 0 Å². The van der Waals surface area contributed by atoms with Gasteiger partial charge in [0.15, 0.2) is 0 Å². The molecule has 6 heteroatoms. The van der Waals surface area contributed by atoms with Crippen molar-refractivity contribution in [2.24, 2.45) is 0 Å². The Kier molecular flexibility index (Phi) is 2.80. The summed E-state index contributed by atoms with van der Waals surface area (Å²) in [4.78, 5) is 17.3. The fraction of sp³-hybridized carbons (Fsp3) is 0.200. The van der Waals surface area contributed by atoms with Gasteiger partial charge in [0.1, 0.15) is 11.9 Å². The van der Waals surface area contributed by atoms with E-state index in [1.54, 1.807) is 18.2 Å². The number of benzene rings is 1. The second kappa shape index (κ2) is 4.11. The Balaban J connectivity index is 2.35. The predicted molar refractivity (Wildman–Crippen MR) is 58.3 cm³/mol. The van der Waals surface area contributed by atoms with Crippen molar-refractivity contribution < 1.29 is 15.0 Å². The van der Waals surface area contributed by atoms with Gasteiger partial charge in [0.25, 0.3) is 0 Å². The molecule has 0 saturated heterocycles. The monoisotopic (exact) mass is 240 g/mol. The van der Waals surface area contributed by atoms with Gasteiger partial charge in [-0.15, -0.1) is 0 Å². The normalized spacial score (nSPS) is 12.9. The third kappa shape index (κ3) is 2.15. The summed E-state index contributed by atoms with van der Waals surface area (Å²) in [6.07, 6.45) is -1.52. The Bertz CT molecular complexity index is 538. The third-order valence-corrected chi connectivity index (χ3v) is 2.38. The molecule has 84 valence electrons. The van der Waals surface area contributed by atoms with E-state index in [1.807, 2.05) is 0 Å². The molecule has 1 aromatic carbocycles. The lowest BCUT2D eigenvalue weighted by Gasteiger charge is -2.02. The number of rotatable bonds is 3. The van der Waals surface area contributed by atoms with Gasteiger partial charge in [0.05, 0.1) is 17.5 Å². The van der Waals surface area contributed by atoms with E-state index < -0.39 is 12.1 Å². The lowest BCUT2D eigenvalue weighted by atomic mass is 10.2. The van der Waals surface area contributed by atoms with Crippen molar-refractivity contribution in [1.82, 2.24) is 9.97 Å². The van der Waals surface area contributed by atoms with Gasteiger partial charge in [-0.2, -0.15) is 0 Å². The fourth-order valence-electron chi connectivity index (χ4n) is 1.42. The largest absolute Gasteiger partial charge is 0.481 e. The summed E-state index contributed by atoms with van der Waals surface area (Å²) in [7, 11) is 0. The Morgan fingerprint density at radius 2 is 2.31 bits per heavy atom. The molecule has 1 heterocycles. The van der Waals surface area contributed by atoms with Crippen molar-refractivity contribution in [1.29, 1.82) is 0 Å². The van der Waals surface area contributed by atoms with Crippen LogP contribution in [0.2, 0.25) is 5.02 Å². The molecule has 0 spiro atoms.